The van der Waals surface area contributed by atoms with Crippen molar-refractivity contribution in [2.45, 2.75) is 51.0 Å². The molecule has 2 aromatic heterocycles. The number of rotatable bonds is 5. The number of pyridine rings is 1. The molecule has 2 heterocycles. The number of nitrogens with one attached hydrogen (secondary N) is 1. The SMILES string of the molecule is Cc1nnn(C23CC4CC(CC(C(=O)NN=C(c5ccccc5)c5ccncc5)(C4)C2)C3)n1. The monoisotopic (exact) mass is 441 g/mol. The van der Waals surface area contributed by atoms with Gasteiger partial charge in [0, 0.05) is 23.5 Å². The maximum atomic E-state index is 13.7. The molecule has 3 aromatic rings. The van der Waals surface area contributed by atoms with Crippen LogP contribution >= 0.6 is 0 Å². The summed E-state index contributed by atoms with van der Waals surface area (Å²) in [6.07, 6.45) is 9.32. The van der Waals surface area contributed by atoms with Gasteiger partial charge in [0.1, 0.15) is 0 Å². The summed E-state index contributed by atoms with van der Waals surface area (Å²) in [5.74, 6) is 1.72. The molecule has 4 fully saturated rings. The number of tetrazole rings is 1. The number of nitrogens with zero attached hydrogens (tertiary/aromatic N) is 6. The van der Waals surface area contributed by atoms with Crippen LogP contribution in [-0.2, 0) is 10.3 Å². The Hall–Kier alpha value is -3.42. The van der Waals surface area contributed by atoms with E-state index in [1.165, 1.54) is 6.42 Å². The smallest absolute Gasteiger partial charge is 0.246 e. The van der Waals surface area contributed by atoms with Crippen molar-refractivity contribution in [2.75, 3.05) is 0 Å². The molecule has 4 bridgehead atoms. The maximum Gasteiger partial charge on any atom is 0.246 e. The first-order valence-electron chi connectivity index (χ1n) is 11.7. The van der Waals surface area contributed by atoms with Crippen molar-refractivity contribution in [3.05, 3.63) is 71.8 Å². The molecule has 0 aliphatic heterocycles. The van der Waals surface area contributed by atoms with Gasteiger partial charge in [0.25, 0.3) is 0 Å². The zero-order chi connectivity index (χ0) is 22.5. The molecule has 8 nitrogen and oxygen atoms in total. The van der Waals surface area contributed by atoms with E-state index in [0.29, 0.717) is 17.7 Å². The second-order valence-corrected chi connectivity index (χ2v) is 10.1. The first-order valence-corrected chi connectivity index (χ1v) is 11.7. The van der Waals surface area contributed by atoms with E-state index < -0.39 is 5.41 Å². The van der Waals surface area contributed by atoms with Crippen LogP contribution in [-0.4, -0.2) is 36.8 Å². The Morgan fingerprint density at radius 1 is 1.03 bits per heavy atom. The van der Waals surface area contributed by atoms with Gasteiger partial charge < -0.3 is 0 Å². The summed E-state index contributed by atoms with van der Waals surface area (Å²) >= 11 is 0. The fourth-order valence-electron chi connectivity index (χ4n) is 6.83. The van der Waals surface area contributed by atoms with Crippen molar-refractivity contribution in [3.63, 3.8) is 0 Å². The fourth-order valence-corrected chi connectivity index (χ4v) is 6.83. The van der Waals surface area contributed by atoms with Gasteiger partial charge in [-0.2, -0.15) is 9.90 Å². The third kappa shape index (κ3) is 3.44. The zero-order valence-electron chi connectivity index (χ0n) is 18.7. The number of aryl methyl sites for hydroxylation is 1. The Morgan fingerprint density at radius 2 is 1.73 bits per heavy atom. The van der Waals surface area contributed by atoms with Crippen LogP contribution in [0.15, 0.2) is 60.0 Å². The van der Waals surface area contributed by atoms with Crippen molar-refractivity contribution in [1.82, 2.24) is 30.6 Å². The van der Waals surface area contributed by atoms with Crippen molar-refractivity contribution < 1.29 is 4.79 Å². The van der Waals surface area contributed by atoms with Gasteiger partial charge in [-0.3, -0.25) is 9.78 Å². The summed E-state index contributed by atoms with van der Waals surface area (Å²) in [4.78, 5) is 19.7. The summed E-state index contributed by atoms with van der Waals surface area (Å²) in [7, 11) is 0. The average Bonchev–Trinajstić information content (AvgIpc) is 3.27. The zero-order valence-corrected chi connectivity index (χ0v) is 18.7. The number of carbonyl (C=O) groups is 1. The summed E-state index contributed by atoms with van der Waals surface area (Å²) in [6, 6.07) is 13.8. The largest absolute Gasteiger partial charge is 0.273 e. The standard InChI is InChI=1S/C25H27N7O/c1-17-27-31-32(30-17)25-14-18-11-19(15-25)13-24(12-18,16-25)23(33)29-28-22(20-5-3-2-4-6-20)21-7-9-26-10-8-21/h2-10,18-19H,11-16H2,1H3,(H,29,33). The lowest BCUT2D eigenvalue weighted by Crippen LogP contribution is -2.61. The van der Waals surface area contributed by atoms with E-state index >= 15 is 0 Å². The van der Waals surface area contributed by atoms with E-state index in [1.807, 2.05) is 54.2 Å². The second kappa shape index (κ2) is 7.57. The van der Waals surface area contributed by atoms with E-state index in [0.717, 1.165) is 48.9 Å². The molecule has 0 saturated heterocycles. The van der Waals surface area contributed by atoms with Crippen LogP contribution in [0.2, 0.25) is 0 Å². The van der Waals surface area contributed by atoms with Gasteiger partial charge in [-0.05, 0) is 74.6 Å². The van der Waals surface area contributed by atoms with Gasteiger partial charge in [0.05, 0.1) is 16.7 Å². The number of hydrogen-bond donors (Lipinski definition) is 1. The van der Waals surface area contributed by atoms with Gasteiger partial charge >= 0.3 is 0 Å². The Balaban J connectivity index is 1.32. The maximum absolute atomic E-state index is 13.7. The quantitative estimate of drug-likeness (QED) is 0.484. The molecule has 1 N–H and O–H groups in total. The lowest BCUT2D eigenvalue weighted by Gasteiger charge is -2.60. The van der Waals surface area contributed by atoms with E-state index in [2.05, 4.69) is 30.9 Å². The molecule has 2 atom stereocenters. The third-order valence-electron chi connectivity index (χ3n) is 7.72. The number of hydrazone groups is 1. The van der Waals surface area contributed by atoms with Gasteiger partial charge in [-0.1, -0.05) is 30.3 Å². The summed E-state index contributed by atoms with van der Waals surface area (Å²) in [5, 5.41) is 17.7. The normalized spacial score (nSPS) is 30.4. The molecule has 7 rings (SSSR count). The molecule has 2 unspecified atom stereocenters. The second-order valence-electron chi connectivity index (χ2n) is 10.1. The van der Waals surface area contributed by atoms with Crippen LogP contribution in [0.5, 0.6) is 0 Å². The van der Waals surface area contributed by atoms with E-state index in [4.69, 9.17) is 0 Å². The van der Waals surface area contributed by atoms with Crippen LogP contribution in [0.3, 0.4) is 0 Å². The molecular formula is C25H27N7O. The molecule has 0 radical (unpaired) electrons. The number of aromatic nitrogens is 5. The Kier molecular flexibility index (Phi) is 4.64. The molecule has 168 valence electrons. The van der Waals surface area contributed by atoms with Gasteiger partial charge in [0.2, 0.25) is 5.91 Å². The Morgan fingerprint density at radius 3 is 2.39 bits per heavy atom. The van der Waals surface area contributed by atoms with E-state index in [-0.39, 0.29) is 11.4 Å². The predicted octanol–water partition coefficient (Wildman–Crippen LogP) is 3.24. The van der Waals surface area contributed by atoms with Crippen molar-refractivity contribution >= 4 is 11.6 Å². The molecule has 1 aromatic carbocycles. The summed E-state index contributed by atoms with van der Waals surface area (Å²) in [5.41, 5.74) is 4.93. The van der Waals surface area contributed by atoms with Crippen molar-refractivity contribution in [3.8, 4) is 0 Å². The van der Waals surface area contributed by atoms with Gasteiger partial charge in [-0.25, -0.2) is 5.43 Å². The van der Waals surface area contributed by atoms with Crippen LogP contribution < -0.4 is 5.43 Å². The molecule has 4 saturated carbocycles. The van der Waals surface area contributed by atoms with Gasteiger partial charge in [0.15, 0.2) is 5.82 Å². The molecule has 4 aliphatic rings. The Labute approximate surface area is 192 Å². The Bertz CT molecular complexity index is 1150. The lowest BCUT2D eigenvalue weighted by molar-refractivity contribution is -0.157. The highest BCUT2D eigenvalue weighted by molar-refractivity contribution is 6.13. The van der Waals surface area contributed by atoms with Crippen LogP contribution in [0.1, 0.15) is 55.5 Å². The first kappa shape index (κ1) is 20.2. The first-order chi connectivity index (χ1) is 16.1. The van der Waals surface area contributed by atoms with Gasteiger partial charge in [-0.15, -0.1) is 10.2 Å². The number of amides is 1. The van der Waals surface area contributed by atoms with Crippen molar-refractivity contribution in [2.24, 2.45) is 22.4 Å². The number of carbonyl (C=O) groups excluding carboxylic acids is 1. The molecule has 4 aliphatic carbocycles. The highest BCUT2D eigenvalue weighted by Gasteiger charge is 2.62. The molecule has 1 amide bonds. The number of benzene rings is 1. The molecule has 33 heavy (non-hydrogen) atoms. The minimum absolute atomic E-state index is 0.0142. The lowest BCUT2D eigenvalue weighted by atomic mass is 9.46. The van der Waals surface area contributed by atoms with Crippen LogP contribution in [0.25, 0.3) is 0 Å². The van der Waals surface area contributed by atoms with Crippen LogP contribution in [0, 0.1) is 24.2 Å². The summed E-state index contributed by atoms with van der Waals surface area (Å²) in [6.45, 7) is 1.87. The average molecular weight is 442 g/mol. The number of hydrogen-bond acceptors (Lipinski definition) is 6. The summed E-state index contributed by atoms with van der Waals surface area (Å²) < 4.78 is 0. The van der Waals surface area contributed by atoms with E-state index in [9.17, 15) is 4.79 Å². The molecule has 0 spiro atoms. The van der Waals surface area contributed by atoms with Crippen LogP contribution in [0.4, 0.5) is 0 Å². The van der Waals surface area contributed by atoms with Crippen molar-refractivity contribution in [1.29, 1.82) is 0 Å². The minimum atomic E-state index is -0.435. The van der Waals surface area contributed by atoms with E-state index in [1.54, 1.807) is 12.4 Å². The minimum Gasteiger partial charge on any atom is -0.273 e. The fraction of sp³-hybridized carbons (Fsp3) is 0.440. The molecule has 8 heteroatoms. The topological polar surface area (TPSA) is 98.0 Å². The molecular weight excluding hydrogens is 414 g/mol. The highest BCUT2D eigenvalue weighted by atomic mass is 16.2. The highest BCUT2D eigenvalue weighted by Crippen LogP contribution is 2.64. The predicted molar refractivity (Wildman–Crippen MR) is 122 cm³/mol. The third-order valence-corrected chi connectivity index (χ3v) is 7.72.